The molecule has 1 aromatic heterocycles. The van der Waals surface area contributed by atoms with Gasteiger partial charge in [-0.15, -0.1) is 0 Å². The van der Waals surface area contributed by atoms with E-state index in [1.165, 1.54) is 6.07 Å². The first-order chi connectivity index (χ1) is 13.8. The van der Waals surface area contributed by atoms with Crippen LogP contribution >= 0.6 is 0 Å². The largest absolute Gasteiger partial charge is 0.481 e. The minimum absolute atomic E-state index is 0.0444. The monoisotopic (exact) mass is 404 g/mol. The van der Waals surface area contributed by atoms with E-state index in [1.807, 2.05) is 6.92 Å². The molecule has 8 heteroatoms. The van der Waals surface area contributed by atoms with E-state index in [-0.39, 0.29) is 30.6 Å². The van der Waals surface area contributed by atoms with Crippen LogP contribution in [0.5, 0.6) is 0 Å². The molecule has 7 nitrogen and oxygen atoms in total. The molecule has 1 aromatic carbocycles. The van der Waals surface area contributed by atoms with Crippen molar-refractivity contribution in [2.24, 2.45) is 0 Å². The molecule has 158 valence electrons. The lowest BCUT2D eigenvalue weighted by Gasteiger charge is -2.28. The van der Waals surface area contributed by atoms with Gasteiger partial charge in [0.1, 0.15) is 5.82 Å². The maximum atomic E-state index is 14.6. The summed E-state index contributed by atoms with van der Waals surface area (Å²) in [5, 5.41) is 20.9. The molecule has 0 spiro atoms. The van der Waals surface area contributed by atoms with Gasteiger partial charge in [-0.3, -0.25) is 10.0 Å². The van der Waals surface area contributed by atoms with Gasteiger partial charge < -0.3 is 10.8 Å². The molecule has 29 heavy (non-hydrogen) atoms. The Hall–Kier alpha value is -2.74. The summed E-state index contributed by atoms with van der Waals surface area (Å²) in [7, 11) is 0. The normalized spacial score (nSPS) is 12.0. The Labute approximate surface area is 170 Å². The Morgan fingerprint density at radius 3 is 2.62 bits per heavy atom. The molecule has 0 saturated heterocycles. The van der Waals surface area contributed by atoms with Gasteiger partial charge in [0.2, 0.25) is 5.95 Å². The molecule has 1 heterocycles. The molecule has 0 aliphatic carbocycles. The lowest BCUT2D eigenvalue weighted by molar-refractivity contribution is -0.136. The van der Waals surface area contributed by atoms with E-state index < -0.39 is 11.8 Å². The first-order valence-electron chi connectivity index (χ1n) is 9.86. The molecule has 0 amide bonds. The zero-order valence-electron chi connectivity index (χ0n) is 17.2. The highest BCUT2D eigenvalue weighted by Crippen LogP contribution is 2.28. The number of nitrogen functional groups attached to an aromatic ring is 1. The molecule has 0 bridgehead atoms. The van der Waals surface area contributed by atoms with Crippen molar-refractivity contribution < 1.29 is 19.5 Å². The first kappa shape index (κ1) is 22.5. The molecule has 2 rings (SSSR count). The standard InChI is InChI=1S/C21H29FN4O3/c1-4-6-7-16(5-2)26(29)20-17(13(3)24-21(23)25-20)12-15-9-8-14(10-18(15)22)11-19(27)28/h8-10,16,29H,4-7,11-12H2,1-3H3,(H,27,28)(H2,23,24,25). The predicted molar refractivity (Wildman–Crippen MR) is 110 cm³/mol. The number of hydroxylamine groups is 1. The average molecular weight is 404 g/mol. The van der Waals surface area contributed by atoms with E-state index in [2.05, 4.69) is 16.9 Å². The number of carboxylic acid groups (broad SMARTS) is 1. The summed E-state index contributed by atoms with van der Waals surface area (Å²) in [4.78, 5) is 19.2. The quantitative estimate of drug-likeness (QED) is 0.515. The summed E-state index contributed by atoms with van der Waals surface area (Å²) in [6.45, 7) is 5.82. The van der Waals surface area contributed by atoms with Crippen molar-refractivity contribution in [1.82, 2.24) is 9.97 Å². The SMILES string of the molecule is CCCCC(CC)N(O)c1nc(N)nc(C)c1Cc1ccc(CC(=O)O)cc1F. The summed E-state index contributed by atoms with van der Waals surface area (Å²) >= 11 is 0. The fourth-order valence-corrected chi connectivity index (χ4v) is 3.32. The van der Waals surface area contributed by atoms with Crippen LogP contribution in [0.3, 0.4) is 0 Å². The van der Waals surface area contributed by atoms with Gasteiger partial charge in [0.15, 0.2) is 5.82 Å². The summed E-state index contributed by atoms with van der Waals surface area (Å²) in [5.74, 6) is -1.20. The van der Waals surface area contributed by atoms with E-state index in [1.54, 1.807) is 19.1 Å². The van der Waals surface area contributed by atoms with Crippen LogP contribution in [0, 0.1) is 12.7 Å². The number of aryl methyl sites for hydroxylation is 1. The van der Waals surface area contributed by atoms with Crippen molar-refractivity contribution in [3.05, 3.63) is 46.4 Å². The van der Waals surface area contributed by atoms with Crippen LogP contribution in [0.15, 0.2) is 18.2 Å². The van der Waals surface area contributed by atoms with Crippen molar-refractivity contribution in [2.75, 3.05) is 10.8 Å². The second-order valence-corrected chi connectivity index (χ2v) is 7.19. The van der Waals surface area contributed by atoms with Crippen molar-refractivity contribution in [2.45, 2.75) is 65.3 Å². The van der Waals surface area contributed by atoms with Gasteiger partial charge in [0, 0.05) is 17.7 Å². The third-order valence-corrected chi connectivity index (χ3v) is 4.97. The zero-order chi connectivity index (χ0) is 21.6. The third-order valence-electron chi connectivity index (χ3n) is 4.97. The summed E-state index contributed by atoms with van der Waals surface area (Å²) < 4.78 is 14.6. The van der Waals surface area contributed by atoms with E-state index in [4.69, 9.17) is 10.8 Å². The number of aromatic nitrogens is 2. The van der Waals surface area contributed by atoms with Crippen molar-refractivity contribution in [1.29, 1.82) is 0 Å². The van der Waals surface area contributed by atoms with Gasteiger partial charge in [-0.2, -0.15) is 4.98 Å². The Morgan fingerprint density at radius 2 is 2.03 bits per heavy atom. The number of benzene rings is 1. The minimum Gasteiger partial charge on any atom is -0.481 e. The molecule has 0 radical (unpaired) electrons. The number of carbonyl (C=O) groups is 1. The number of hydrogen-bond donors (Lipinski definition) is 3. The molecule has 0 fully saturated rings. The maximum absolute atomic E-state index is 14.6. The highest BCUT2D eigenvalue weighted by Gasteiger charge is 2.23. The van der Waals surface area contributed by atoms with Gasteiger partial charge >= 0.3 is 5.97 Å². The number of rotatable bonds is 10. The van der Waals surface area contributed by atoms with E-state index in [0.29, 0.717) is 22.4 Å². The van der Waals surface area contributed by atoms with Crippen LogP contribution < -0.4 is 10.8 Å². The zero-order valence-corrected chi connectivity index (χ0v) is 17.2. The Balaban J connectivity index is 2.39. The van der Waals surface area contributed by atoms with Crippen LogP contribution in [-0.2, 0) is 17.6 Å². The molecule has 1 unspecified atom stereocenters. The number of nitrogens with two attached hydrogens (primary N) is 1. The number of nitrogens with zero attached hydrogens (tertiary/aromatic N) is 3. The fourth-order valence-electron chi connectivity index (χ4n) is 3.32. The summed E-state index contributed by atoms with van der Waals surface area (Å²) in [5.41, 5.74) is 7.71. The topological polar surface area (TPSA) is 113 Å². The van der Waals surface area contributed by atoms with Crippen LogP contribution in [0.1, 0.15) is 61.9 Å². The Bertz CT molecular complexity index is 860. The molecule has 2 aromatic rings. The first-order valence-corrected chi connectivity index (χ1v) is 9.86. The molecular formula is C21H29FN4O3. The number of unbranched alkanes of at least 4 members (excludes halogenated alkanes) is 1. The van der Waals surface area contributed by atoms with Crippen LogP contribution in [-0.4, -0.2) is 32.3 Å². The van der Waals surface area contributed by atoms with Crippen molar-refractivity contribution in [3.8, 4) is 0 Å². The number of anilines is 2. The molecule has 0 aliphatic rings. The van der Waals surface area contributed by atoms with Gasteiger partial charge in [-0.25, -0.2) is 14.4 Å². The lowest BCUT2D eigenvalue weighted by atomic mass is 10.00. The second-order valence-electron chi connectivity index (χ2n) is 7.19. The van der Waals surface area contributed by atoms with Crippen LogP contribution in [0.2, 0.25) is 0 Å². The Kier molecular flexibility index (Phi) is 7.90. The highest BCUT2D eigenvalue weighted by molar-refractivity contribution is 5.70. The van der Waals surface area contributed by atoms with Gasteiger partial charge in [-0.05, 0) is 37.0 Å². The molecule has 0 aliphatic heterocycles. The molecule has 0 saturated carbocycles. The van der Waals surface area contributed by atoms with Gasteiger partial charge in [0.05, 0.1) is 12.5 Å². The summed E-state index contributed by atoms with van der Waals surface area (Å²) in [6.07, 6.45) is 3.40. The van der Waals surface area contributed by atoms with Crippen LogP contribution in [0.25, 0.3) is 0 Å². The van der Waals surface area contributed by atoms with Crippen molar-refractivity contribution in [3.63, 3.8) is 0 Å². The number of halogens is 1. The Morgan fingerprint density at radius 1 is 1.31 bits per heavy atom. The van der Waals surface area contributed by atoms with Gasteiger partial charge in [0.25, 0.3) is 0 Å². The maximum Gasteiger partial charge on any atom is 0.307 e. The minimum atomic E-state index is -1.02. The molecule has 4 N–H and O–H groups in total. The second kappa shape index (κ2) is 10.2. The van der Waals surface area contributed by atoms with Gasteiger partial charge in [-0.1, -0.05) is 38.8 Å². The number of aliphatic carboxylic acids is 1. The van der Waals surface area contributed by atoms with E-state index in [9.17, 15) is 14.4 Å². The fraction of sp³-hybridized carbons (Fsp3) is 0.476. The smallest absolute Gasteiger partial charge is 0.307 e. The van der Waals surface area contributed by atoms with Crippen molar-refractivity contribution >= 4 is 17.7 Å². The molecular weight excluding hydrogens is 375 g/mol. The number of hydrogen-bond acceptors (Lipinski definition) is 6. The lowest BCUT2D eigenvalue weighted by Crippen LogP contribution is -2.34. The molecule has 1 atom stereocenters. The number of carboxylic acids is 1. The third kappa shape index (κ3) is 5.87. The predicted octanol–water partition coefficient (Wildman–Crippen LogP) is 3.89. The van der Waals surface area contributed by atoms with E-state index >= 15 is 0 Å². The van der Waals surface area contributed by atoms with Crippen LogP contribution in [0.4, 0.5) is 16.2 Å². The average Bonchev–Trinajstić information content (AvgIpc) is 2.65. The highest BCUT2D eigenvalue weighted by atomic mass is 19.1. The van der Waals surface area contributed by atoms with E-state index in [0.717, 1.165) is 30.7 Å². The summed E-state index contributed by atoms with van der Waals surface area (Å²) in [6, 6.07) is 4.24.